The first-order valence-electron chi connectivity index (χ1n) is 6.32. The van der Waals surface area contributed by atoms with Gasteiger partial charge in [-0.25, -0.2) is 4.79 Å². The summed E-state index contributed by atoms with van der Waals surface area (Å²) in [6.07, 6.45) is 5.11. The third-order valence-electron chi connectivity index (χ3n) is 2.59. The van der Waals surface area contributed by atoms with E-state index in [-0.39, 0.29) is 25.2 Å². The lowest BCUT2D eigenvalue weighted by atomic mass is 10.1. The van der Waals surface area contributed by atoms with Crippen LogP contribution in [0.4, 0.5) is 0 Å². The number of carboxylic acids is 2. The highest BCUT2D eigenvalue weighted by molar-refractivity contribution is 5.83. The first-order chi connectivity index (χ1) is 8.97. The van der Waals surface area contributed by atoms with Crippen LogP contribution in [0.25, 0.3) is 0 Å². The molecule has 0 bridgehead atoms. The van der Waals surface area contributed by atoms with Crippen LogP contribution in [-0.2, 0) is 14.4 Å². The molecular weight excluding hydrogens is 250 g/mol. The summed E-state index contributed by atoms with van der Waals surface area (Å²) in [6, 6.07) is -1.13. The van der Waals surface area contributed by atoms with E-state index in [9.17, 15) is 14.4 Å². The fraction of sp³-hybridized carbons (Fsp3) is 0.615. The average molecular weight is 271 g/mol. The summed E-state index contributed by atoms with van der Waals surface area (Å²) in [5.41, 5.74) is 0. The van der Waals surface area contributed by atoms with Gasteiger partial charge in [0.2, 0.25) is 5.91 Å². The Hall–Kier alpha value is -1.85. The lowest BCUT2D eigenvalue weighted by Gasteiger charge is -2.13. The molecule has 0 aromatic rings. The second-order valence-corrected chi connectivity index (χ2v) is 4.28. The fourth-order valence-electron chi connectivity index (χ4n) is 1.54. The lowest BCUT2D eigenvalue weighted by Crippen LogP contribution is -2.41. The van der Waals surface area contributed by atoms with Crippen molar-refractivity contribution in [3.8, 4) is 0 Å². The number of allylic oxidation sites excluding steroid dienone is 1. The molecule has 0 aliphatic carbocycles. The summed E-state index contributed by atoms with van der Waals surface area (Å²) in [5, 5.41) is 19.7. The molecule has 0 aliphatic heterocycles. The van der Waals surface area contributed by atoms with E-state index in [1.165, 1.54) is 0 Å². The van der Waals surface area contributed by atoms with Crippen LogP contribution >= 0.6 is 0 Å². The van der Waals surface area contributed by atoms with Gasteiger partial charge in [0, 0.05) is 12.8 Å². The van der Waals surface area contributed by atoms with Crippen molar-refractivity contribution in [1.82, 2.24) is 5.32 Å². The minimum Gasteiger partial charge on any atom is -0.481 e. The molecule has 6 heteroatoms. The van der Waals surface area contributed by atoms with E-state index in [0.717, 1.165) is 19.3 Å². The molecule has 0 aromatic carbocycles. The van der Waals surface area contributed by atoms with E-state index in [0.29, 0.717) is 6.42 Å². The normalized spacial score (nSPS) is 11.6. The van der Waals surface area contributed by atoms with Gasteiger partial charge >= 0.3 is 11.9 Å². The van der Waals surface area contributed by atoms with Crippen molar-refractivity contribution in [2.45, 2.75) is 51.0 Å². The molecule has 1 amide bonds. The predicted octanol–water partition coefficient (Wildman–Crippen LogP) is 1.56. The molecule has 3 N–H and O–H groups in total. The van der Waals surface area contributed by atoms with Crippen molar-refractivity contribution >= 4 is 17.8 Å². The molecule has 19 heavy (non-hydrogen) atoms. The SMILES string of the molecule is C=CCCCCCC(=O)N[C@@H](CCC(=O)O)C(=O)O. The van der Waals surface area contributed by atoms with Crippen molar-refractivity contribution in [1.29, 1.82) is 0 Å². The molecule has 0 rings (SSSR count). The van der Waals surface area contributed by atoms with E-state index in [1.54, 1.807) is 0 Å². The van der Waals surface area contributed by atoms with Crippen LogP contribution in [0.3, 0.4) is 0 Å². The summed E-state index contributed by atoms with van der Waals surface area (Å²) in [6.45, 7) is 3.59. The highest BCUT2D eigenvalue weighted by atomic mass is 16.4. The zero-order valence-electron chi connectivity index (χ0n) is 10.9. The van der Waals surface area contributed by atoms with Crippen molar-refractivity contribution in [2.75, 3.05) is 0 Å². The maximum absolute atomic E-state index is 11.5. The van der Waals surface area contributed by atoms with E-state index in [1.807, 2.05) is 6.08 Å². The first-order valence-corrected chi connectivity index (χ1v) is 6.32. The molecule has 0 heterocycles. The zero-order valence-corrected chi connectivity index (χ0v) is 10.9. The van der Waals surface area contributed by atoms with Gasteiger partial charge in [0.25, 0.3) is 0 Å². The predicted molar refractivity (Wildman–Crippen MR) is 69.7 cm³/mol. The van der Waals surface area contributed by atoms with E-state index in [4.69, 9.17) is 10.2 Å². The number of carbonyl (C=O) groups is 3. The molecule has 0 radical (unpaired) electrons. The molecule has 0 saturated carbocycles. The smallest absolute Gasteiger partial charge is 0.326 e. The molecule has 0 aromatic heterocycles. The minimum absolute atomic E-state index is 0.104. The number of hydrogen-bond donors (Lipinski definition) is 3. The lowest BCUT2D eigenvalue weighted by molar-refractivity contribution is -0.143. The number of rotatable bonds is 11. The van der Waals surface area contributed by atoms with Gasteiger partial charge in [0.15, 0.2) is 0 Å². The molecule has 108 valence electrons. The van der Waals surface area contributed by atoms with E-state index >= 15 is 0 Å². The Morgan fingerprint density at radius 2 is 1.79 bits per heavy atom. The van der Waals surface area contributed by atoms with Gasteiger partial charge in [0.1, 0.15) is 6.04 Å². The monoisotopic (exact) mass is 271 g/mol. The van der Waals surface area contributed by atoms with Crippen LogP contribution in [0.15, 0.2) is 12.7 Å². The van der Waals surface area contributed by atoms with Gasteiger partial charge in [-0.1, -0.05) is 12.5 Å². The average Bonchev–Trinajstić information content (AvgIpc) is 2.33. The number of nitrogens with one attached hydrogen (secondary N) is 1. The van der Waals surface area contributed by atoms with Crippen molar-refractivity contribution in [2.24, 2.45) is 0 Å². The molecule has 1 atom stereocenters. The summed E-state index contributed by atoms with van der Waals surface area (Å²) in [5.74, 6) is -2.64. The van der Waals surface area contributed by atoms with Crippen LogP contribution in [-0.4, -0.2) is 34.1 Å². The number of carboxylic acid groups (broad SMARTS) is 2. The molecule has 0 saturated heterocycles. The number of aliphatic carboxylic acids is 2. The standard InChI is InChI=1S/C13H21NO5/c1-2-3-4-5-6-7-11(15)14-10(13(18)19)8-9-12(16)17/h2,10H,1,3-9H2,(H,14,15)(H,16,17)(H,18,19)/t10-/m0/s1. The van der Waals surface area contributed by atoms with Crippen LogP contribution in [0.5, 0.6) is 0 Å². The zero-order chi connectivity index (χ0) is 14.7. The number of hydrogen-bond acceptors (Lipinski definition) is 3. The number of unbranched alkanes of at least 4 members (excludes halogenated alkanes) is 3. The Labute approximate surface area is 112 Å². The van der Waals surface area contributed by atoms with Crippen LogP contribution < -0.4 is 5.32 Å². The summed E-state index contributed by atoms with van der Waals surface area (Å²) in [7, 11) is 0. The number of amides is 1. The van der Waals surface area contributed by atoms with Gasteiger partial charge in [-0.3, -0.25) is 9.59 Å². The topological polar surface area (TPSA) is 104 Å². The Morgan fingerprint density at radius 1 is 1.11 bits per heavy atom. The molecule has 0 spiro atoms. The van der Waals surface area contributed by atoms with Crippen molar-refractivity contribution < 1.29 is 24.6 Å². The summed E-state index contributed by atoms with van der Waals surface area (Å²) >= 11 is 0. The Morgan fingerprint density at radius 3 is 2.32 bits per heavy atom. The first kappa shape index (κ1) is 17.2. The molecule has 0 unspecified atom stereocenters. The van der Waals surface area contributed by atoms with Crippen molar-refractivity contribution in [3.05, 3.63) is 12.7 Å². The molecule has 6 nitrogen and oxygen atoms in total. The third kappa shape index (κ3) is 9.82. The van der Waals surface area contributed by atoms with Crippen molar-refractivity contribution in [3.63, 3.8) is 0 Å². The van der Waals surface area contributed by atoms with Gasteiger partial charge in [-0.2, -0.15) is 0 Å². The second kappa shape index (κ2) is 10.1. The fourth-order valence-corrected chi connectivity index (χ4v) is 1.54. The number of carbonyl (C=O) groups excluding carboxylic acids is 1. The maximum Gasteiger partial charge on any atom is 0.326 e. The Bertz CT molecular complexity index is 327. The van der Waals surface area contributed by atoms with Gasteiger partial charge in [-0.15, -0.1) is 6.58 Å². The molecule has 0 aliphatic rings. The molecular formula is C13H21NO5. The van der Waals surface area contributed by atoms with Crippen LogP contribution in [0.1, 0.15) is 44.9 Å². The highest BCUT2D eigenvalue weighted by Crippen LogP contribution is 2.04. The van der Waals surface area contributed by atoms with Crippen LogP contribution in [0.2, 0.25) is 0 Å². The van der Waals surface area contributed by atoms with Gasteiger partial charge < -0.3 is 15.5 Å². The molecule has 0 fully saturated rings. The third-order valence-corrected chi connectivity index (χ3v) is 2.59. The summed E-state index contributed by atoms with van der Waals surface area (Å²) < 4.78 is 0. The minimum atomic E-state index is -1.21. The quantitative estimate of drug-likeness (QED) is 0.391. The van der Waals surface area contributed by atoms with Gasteiger partial charge in [-0.05, 0) is 25.7 Å². The van der Waals surface area contributed by atoms with Gasteiger partial charge in [0.05, 0.1) is 0 Å². The van der Waals surface area contributed by atoms with E-state index < -0.39 is 18.0 Å². The summed E-state index contributed by atoms with van der Waals surface area (Å²) in [4.78, 5) is 32.7. The Balaban J connectivity index is 3.93. The van der Waals surface area contributed by atoms with E-state index in [2.05, 4.69) is 11.9 Å². The van der Waals surface area contributed by atoms with Crippen LogP contribution in [0, 0.1) is 0 Å². The maximum atomic E-state index is 11.5. The largest absolute Gasteiger partial charge is 0.481 e. The highest BCUT2D eigenvalue weighted by Gasteiger charge is 2.20. The second-order valence-electron chi connectivity index (χ2n) is 4.28. The Kier molecular flexibility index (Phi) is 9.12.